The summed E-state index contributed by atoms with van der Waals surface area (Å²) < 4.78 is 16.4. The Bertz CT molecular complexity index is 1100. The summed E-state index contributed by atoms with van der Waals surface area (Å²) in [5.74, 6) is -0.487. The topological polar surface area (TPSA) is 86.1 Å². The van der Waals surface area contributed by atoms with Crippen LogP contribution in [0.4, 0.5) is 4.79 Å². The maximum absolute atomic E-state index is 12.9. The maximum Gasteiger partial charge on any atom is 0.411 e. The molecule has 4 rings (SSSR count). The van der Waals surface area contributed by atoms with Crippen molar-refractivity contribution in [3.8, 4) is 5.75 Å². The Morgan fingerprint density at radius 2 is 1.84 bits per heavy atom. The zero-order valence-corrected chi connectivity index (χ0v) is 18.7. The number of hydrogen-bond acceptors (Lipinski definition) is 6. The summed E-state index contributed by atoms with van der Waals surface area (Å²) in [5.41, 5.74) is 0.997. The number of nitrogens with zero attached hydrogens (tertiary/aromatic N) is 1. The smallest absolute Gasteiger partial charge is 0.411 e. The first kappa shape index (κ1) is 21.7. The zero-order valence-electron chi connectivity index (χ0n) is 18.0. The molecule has 31 heavy (non-hydrogen) atoms. The van der Waals surface area contributed by atoms with Crippen LogP contribution in [0.3, 0.4) is 0 Å². The zero-order chi connectivity index (χ0) is 22.3. The molecule has 1 saturated heterocycles. The maximum atomic E-state index is 12.9. The summed E-state index contributed by atoms with van der Waals surface area (Å²) in [4.78, 5) is 39.1. The van der Waals surface area contributed by atoms with Crippen LogP contribution >= 0.6 is 11.6 Å². The van der Waals surface area contributed by atoms with Gasteiger partial charge in [0, 0.05) is 23.6 Å². The number of benzene rings is 1. The number of rotatable bonds is 2. The highest BCUT2D eigenvalue weighted by Gasteiger charge is 2.38. The first-order valence-electron chi connectivity index (χ1n) is 10.6. The molecule has 1 aromatic heterocycles. The number of esters is 1. The second kappa shape index (κ2) is 8.19. The van der Waals surface area contributed by atoms with Gasteiger partial charge in [0.1, 0.15) is 17.2 Å². The van der Waals surface area contributed by atoms with Crippen molar-refractivity contribution in [1.29, 1.82) is 0 Å². The summed E-state index contributed by atoms with van der Waals surface area (Å²) in [6.07, 6.45) is 4.06. The Kier molecular flexibility index (Phi) is 5.73. The molecule has 0 radical (unpaired) electrons. The minimum Gasteiger partial charge on any atom is -0.444 e. The normalized spacial score (nSPS) is 18.7. The van der Waals surface area contributed by atoms with Crippen molar-refractivity contribution in [2.45, 2.75) is 70.9 Å². The third kappa shape index (κ3) is 4.42. The van der Waals surface area contributed by atoms with Crippen LogP contribution in [-0.2, 0) is 22.4 Å². The van der Waals surface area contributed by atoms with Gasteiger partial charge in [-0.2, -0.15) is 0 Å². The quantitative estimate of drug-likeness (QED) is 0.379. The molecule has 7 nitrogen and oxygen atoms in total. The molecule has 0 bridgehead atoms. The number of carbonyl (C=O) groups excluding carboxylic acids is 2. The fourth-order valence-electron chi connectivity index (χ4n) is 4.25. The molecular weight excluding hydrogens is 422 g/mol. The van der Waals surface area contributed by atoms with Gasteiger partial charge in [-0.05, 0) is 70.9 Å². The predicted molar refractivity (Wildman–Crippen MR) is 116 cm³/mol. The van der Waals surface area contributed by atoms with Crippen molar-refractivity contribution >= 4 is 34.6 Å². The molecule has 1 fully saturated rings. The monoisotopic (exact) mass is 447 g/mol. The molecule has 2 heterocycles. The van der Waals surface area contributed by atoms with Gasteiger partial charge in [0.25, 0.3) is 0 Å². The second-order valence-corrected chi connectivity index (χ2v) is 9.49. The van der Waals surface area contributed by atoms with Gasteiger partial charge in [-0.25, -0.2) is 14.4 Å². The van der Waals surface area contributed by atoms with Gasteiger partial charge >= 0.3 is 17.7 Å². The lowest BCUT2D eigenvalue weighted by Crippen LogP contribution is -2.44. The summed E-state index contributed by atoms with van der Waals surface area (Å²) in [6, 6.07) is 2.42. The molecule has 2 aliphatic rings. The van der Waals surface area contributed by atoms with Crippen LogP contribution in [0.15, 0.2) is 21.3 Å². The minimum absolute atomic E-state index is 0.106. The standard InChI is InChI=1S/C23H26ClNO6/c1-23(2,3)31-22(28)25-10-6-9-17(25)21(27)30-19-12-18-15(11-16(19)24)13-7-4-5-8-14(13)20(26)29-18/h11-12,17H,4-10H2,1-3H3/t17-/m0/s1. The number of fused-ring (bicyclic) bond motifs is 3. The van der Waals surface area contributed by atoms with Gasteiger partial charge in [-0.15, -0.1) is 0 Å². The molecule has 0 saturated carbocycles. The number of aryl methyl sites for hydroxylation is 1. The van der Waals surface area contributed by atoms with Gasteiger partial charge in [0.15, 0.2) is 5.75 Å². The van der Waals surface area contributed by atoms with Crippen molar-refractivity contribution < 1.29 is 23.5 Å². The highest BCUT2D eigenvalue weighted by atomic mass is 35.5. The highest BCUT2D eigenvalue weighted by Crippen LogP contribution is 2.35. The van der Waals surface area contributed by atoms with Gasteiger partial charge in [-0.3, -0.25) is 4.90 Å². The van der Waals surface area contributed by atoms with E-state index >= 15 is 0 Å². The van der Waals surface area contributed by atoms with E-state index in [1.54, 1.807) is 26.8 Å². The average Bonchev–Trinajstić information content (AvgIpc) is 3.19. The van der Waals surface area contributed by atoms with E-state index in [0.717, 1.165) is 30.2 Å². The number of hydrogen-bond donors (Lipinski definition) is 0. The summed E-state index contributed by atoms with van der Waals surface area (Å²) in [7, 11) is 0. The SMILES string of the molecule is CC(C)(C)OC(=O)N1CCC[C@H]1C(=O)Oc1cc2oc(=O)c3c(c2cc1Cl)CCCC3. The third-order valence-electron chi connectivity index (χ3n) is 5.64. The average molecular weight is 448 g/mol. The van der Waals surface area contributed by atoms with Crippen molar-refractivity contribution in [2.75, 3.05) is 6.54 Å². The first-order chi connectivity index (χ1) is 14.6. The van der Waals surface area contributed by atoms with Crippen LogP contribution in [0.2, 0.25) is 5.02 Å². The molecule has 1 atom stereocenters. The highest BCUT2D eigenvalue weighted by molar-refractivity contribution is 6.33. The van der Waals surface area contributed by atoms with Crippen LogP contribution in [0.5, 0.6) is 5.75 Å². The van der Waals surface area contributed by atoms with E-state index in [-0.39, 0.29) is 16.4 Å². The lowest BCUT2D eigenvalue weighted by Gasteiger charge is -2.27. The number of likely N-dealkylation sites (tertiary alicyclic amines) is 1. The van der Waals surface area contributed by atoms with Crippen LogP contribution in [0, 0.1) is 0 Å². The Balaban J connectivity index is 1.59. The molecule has 8 heteroatoms. The van der Waals surface area contributed by atoms with Crippen LogP contribution < -0.4 is 10.4 Å². The van der Waals surface area contributed by atoms with E-state index in [0.29, 0.717) is 37.0 Å². The molecule has 1 amide bonds. The molecule has 0 unspecified atom stereocenters. The molecule has 2 aromatic rings. The molecular formula is C23H26ClNO6. The lowest BCUT2D eigenvalue weighted by atomic mass is 9.91. The molecule has 0 spiro atoms. The van der Waals surface area contributed by atoms with E-state index in [1.807, 2.05) is 0 Å². The Morgan fingerprint density at radius 1 is 1.13 bits per heavy atom. The first-order valence-corrected chi connectivity index (χ1v) is 11.0. The molecule has 1 aliphatic carbocycles. The van der Waals surface area contributed by atoms with Crippen molar-refractivity contribution in [3.05, 3.63) is 38.7 Å². The largest absolute Gasteiger partial charge is 0.444 e. The Labute approximate surface area is 185 Å². The molecule has 1 aliphatic heterocycles. The molecule has 0 N–H and O–H groups in total. The predicted octanol–water partition coefficient (Wildman–Crippen LogP) is 4.63. The third-order valence-corrected chi connectivity index (χ3v) is 5.93. The number of halogens is 1. The van der Waals surface area contributed by atoms with E-state index in [4.69, 9.17) is 25.5 Å². The van der Waals surface area contributed by atoms with E-state index < -0.39 is 23.7 Å². The van der Waals surface area contributed by atoms with Gasteiger partial charge in [0.05, 0.1) is 5.02 Å². The Morgan fingerprint density at radius 3 is 2.55 bits per heavy atom. The second-order valence-electron chi connectivity index (χ2n) is 9.09. The van der Waals surface area contributed by atoms with Gasteiger partial charge in [-0.1, -0.05) is 11.6 Å². The van der Waals surface area contributed by atoms with Crippen LogP contribution in [0.1, 0.15) is 57.6 Å². The number of carbonyl (C=O) groups is 2. The van der Waals surface area contributed by atoms with Gasteiger partial charge in [0.2, 0.25) is 0 Å². The van der Waals surface area contributed by atoms with Crippen LogP contribution in [0.25, 0.3) is 11.0 Å². The summed E-state index contributed by atoms with van der Waals surface area (Å²) in [6.45, 7) is 5.74. The van der Waals surface area contributed by atoms with Crippen molar-refractivity contribution in [1.82, 2.24) is 4.90 Å². The van der Waals surface area contributed by atoms with E-state index in [1.165, 1.54) is 11.0 Å². The minimum atomic E-state index is -0.753. The van der Waals surface area contributed by atoms with Crippen molar-refractivity contribution in [3.63, 3.8) is 0 Å². The molecule has 166 valence electrons. The number of amides is 1. The number of ether oxygens (including phenoxy) is 2. The van der Waals surface area contributed by atoms with E-state index in [9.17, 15) is 14.4 Å². The summed E-state index contributed by atoms with van der Waals surface area (Å²) in [5, 5.41) is 1.03. The molecule has 1 aromatic carbocycles. The van der Waals surface area contributed by atoms with Crippen LogP contribution in [-0.4, -0.2) is 35.2 Å². The fraction of sp³-hybridized carbons (Fsp3) is 0.522. The summed E-state index contributed by atoms with van der Waals surface area (Å²) >= 11 is 6.42. The van der Waals surface area contributed by atoms with Gasteiger partial charge < -0.3 is 13.9 Å². The Hall–Kier alpha value is -2.54. The lowest BCUT2D eigenvalue weighted by molar-refractivity contribution is -0.139. The fourth-order valence-corrected chi connectivity index (χ4v) is 4.45. The van der Waals surface area contributed by atoms with Crippen molar-refractivity contribution in [2.24, 2.45) is 0 Å². The van der Waals surface area contributed by atoms with E-state index in [2.05, 4.69) is 0 Å².